The van der Waals surface area contributed by atoms with Gasteiger partial charge in [-0.2, -0.15) is 9.40 Å². The number of aromatic nitrogens is 5. The van der Waals surface area contributed by atoms with E-state index in [1.54, 1.807) is 29.5 Å². The largest absolute Gasteiger partial charge is 0.328 e. The van der Waals surface area contributed by atoms with E-state index in [1.165, 1.54) is 17.3 Å². The third kappa shape index (κ3) is 3.93. The van der Waals surface area contributed by atoms with Gasteiger partial charge in [0, 0.05) is 48.9 Å². The second-order valence-corrected chi connectivity index (χ2v) is 10.7. The van der Waals surface area contributed by atoms with Crippen LogP contribution in [-0.2, 0) is 20.4 Å². The molecule has 4 heterocycles. The average molecular weight is 479 g/mol. The SMILES string of the molecule is CC(=O)CC1(n2cnc(-c3cc(-c4ccc(=O)[nH]c4)cc4ncccc34)n2)CN(S(C)(=O)=O)C1. The number of hydrogen-bond acceptors (Lipinski definition) is 7. The quantitative estimate of drug-likeness (QED) is 0.447. The number of ketones is 1. The molecular weight excluding hydrogens is 456 g/mol. The number of hydrogen-bond donors (Lipinski definition) is 1. The molecule has 0 amide bonds. The predicted octanol–water partition coefficient (Wildman–Crippen LogP) is 1.80. The summed E-state index contributed by atoms with van der Waals surface area (Å²) in [7, 11) is -3.37. The van der Waals surface area contributed by atoms with Crippen LogP contribution < -0.4 is 5.56 Å². The number of Topliss-reactive ketones (excluding diaryl/α,β-unsaturated/α-hetero) is 1. The van der Waals surface area contributed by atoms with Crippen LogP contribution in [0.15, 0.2) is 59.9 Å². The van der Waals surface area contributed by atoms with Gasteiger partial charge in [-0.05, 0) is 42.3 Å². The average Bonchev–Trinajstić information content (AvgIpc) is 3.25. The smallest absolute Gasteiger partial charge is 0.247 e. The molecule has 3 aromatic heterocycles. The van der Waals surface area contributed by atoms with Crippen molar-refractivity contribution in [3.05, 3.63) is 65.5 Å². The third-order valence-electron chi connectivity index (χ3n) is 6.05. The molecule has 0 unspecified atom stereocenters. The van der Waals surface area contributed by atoms with E-state index in [0.717, 1.165) is 33.8 Å². The number of H-pyrrole nitrogens is 1. The van der Waals surface area contributed by atoms with E-state index in [1.807, 2.05) is 24.3 Å². The Kier molecular flexibility index (Phi) is 5.18. The molecule has 1 N–H and O–H groups in total. The Morgan fingerprint density at radius 2 is 1.94 bits per heavy atom. The molecule has 0 spiro atoms. The number of carbonyl (C=O) groups is 1. The van der Waals surface area contributed by atoms with E-state index in [2.05, 4.69) is 20.1 Å². The van der Waals surface area contributed by atoms with Crippen molar-refractivity contribution in [1.82, 2.24) is 29.0 Å². The van der Waals surface area contributed by atoms with E-state index >= 15 is 0 Å². The lowest BCUT2D eigenvalue weighted by atomic mass is 9.87. The second kappa shape index (κ2) is 7.96. The summed E-state index contributed by atoms with van der Waals surface area (Å²) in [6.07, 6.45) is 6.19. The minimum absolute atomic E-state index is 0.0556. The van der Waals surface area contributed by atoms with Gasteiger partial charge in [-0.1, -0.05) is 6.07 Å². The Morgan fingerprint density at radius 1 is 1.15 bits per heavy atom. The fourth-order valence-corrected chi connectivity index (χ4v) is 5.33. The summed E-state index contributed by atoms with van der Waals surface area (Å²) in [5, 5.41) is 5.54. The number of nitrogens with zero attached hydrogens (tertiary/aromatic N) is 5. The van der Waals surface area contributed by atoms with Gasteiger partial charge in [-0.3, -0.25) is 14.6 Å². The summed E-state index contributed by atoms with van der Waals surface area (Å²) in [4.78, 5) is 35.2. The molecule has 11 heteroatoms. The van der Waals surface area contributed by atoms with Crippen molar-refractivity contribution in [3.63, 3.8) is 0 Å². The van der Waals surface area contributed by atoms with Crippen molar-refractivity contribution in [2.24, 2.45) is 0 Å². The zero-order valence-corrected chi connectivity index (χ0v) is 19.4. The maximum atomic E-state index is 12.0. The standard InChI is InChI=1S/C23H22N6O4S/c1-15(30)10-23(12-28(13-23)34(2,32)33)29-14-26-22(27-29)19-8-17(16-5-6-21(31)25-11-16)9-20-18(19)4-3-7-24-20/h3-9,11,14H,10,12-13H2,1-2H3,(H,25,31). The summed E-state index contributed by atoms with van der Waals surface area (Å²) in [6.45, 7) is 1.80. The first-order valence-corrected chi connectivity index (χ1v) is 12.4. The molecule has 1 aliphatic rings. The lowest BCUT2D eigenvalue weighted by Crippen LogP contribution is -2.64. The van der Waals surface area contributed by atoms with Crippen LogP contribution in [0, 0.1) is 0 Å². The van der Waals surface area contributed by atoms with Crippen molar-refractivity contribution in [1.29, 1.82) is 0 Å². The Hall–Kier alpha value is -3.70. The number of fused-ring (bicyclic) bond motifs is 1. The molecule has 4 aromatic rings. The van der Waals surface area contributed by atoms with Crippen LogP contribution in [0.25, 0.3) is 33.4 Å². The number of sulfonamides is 1. The fraction of sp³-hybridized carbons (Fsp3) is 0.261. The molecule has 0 bridgehead atoms. The summed E-state index contributed by atoms with van der Waals surface area (Å²) >= 11 is 0. The van der Waals surface area contributed by atoms with E-state index in [-0.39, 0.29) is 30.9 Å². The highest BCUT2D eigenvalue weighted by molar-refractivity contribution is 7.88. The summed E-state index contributed by atoms with van der Waals surface area (Å²) in [5.74, 6) is 0.380. The Bertz CT molecular complexity index is 1560. The predicted molar refractivity (Wildman–Crippen MR) is 127 cm³/mol. The summed E-state index contributed by atoms with van der Waals surface area (Å²) in [6, 6.07) is 10.8. The first kappa shape index (κ1) is 22.1. The molecule has 0 aliphatic carbocycles. The highest BCUT2D eigenvalue weighted by Crippen LogP contribution is 2.36. The fourth-order valence-electron chi connectivity index (χ4n) is 4.39. The number of nitrogens with one attached hydrogen (secondary N) is 1. The van der Waals surface area contributed by atoms with E-state index < -0.39 is 15.6 Å². The minimum atomic E-state index is -3.37. The highest BCUT2D eigenvalue weighted by Gasteiger charge is 2.50. The van der Waals surface area contributed by atoms with Crippen LogP contribution in [0.2, 0.25) is 0 Å². The van der Waals surface area contributed by atoms with Gasteiger partial charge >= 0.3 is 0 Å². The molecule has 1 fully saturated rings. The molecule has 0 radical (unpaired) electrons. The van der Waals surface area contributed by atoms with Crippen molar-refractivity contribution >= 4 is 26.7 Å². The van der Waals surface area contributed by atoms with Gasteiger partial charge in [0.1, 0.15) is 12.1 Å². The van der Waals surface area contributed by atoms with E-state index in [9.17, 15) is 18.0 Å². The molecule has 1 aliphatic heterocycles. The molecular formula is C23H22N6O4S. The molecule has 5 rings (SSSR count). The molecule has 174 valence electrons. The normalized spacial score (nSPS) is 15.8. The molecule has 1 saturated heterocycles. The Labute approximate surface area is 195 Å². The maximum absolute atomic E-state index is 12.0. The van der Waals surface area contributed by atoms with Crippen molar-refractivity contribution in [3.8, 4) is 22.5 Å². The lowest BCUT2D eigenvalue weighted by molar-refractivity contribution is -0.121. The topological polar surface area (TPSA) is 131 Å². The molecule has 10 nitrogen and oxygen atoms in total. The maximum Gasteiger partial charge on any atom is 0.247 e. The van der Waals surface area contributed by atoms with Crippen LogP contribution in [-0.4, -0.2) is 62.6 Å². The molecule has 0 saturated carbocycles. The monoisotopic (exact) mass is 478 g/mol. The van der Waals surface area contributed by atoms with Gasteiger partial charge in [0.2, 0.25) is 15.6 Å². The third-order valence-corrected chi connectivity index (χ3v) is 7.24. The zero-order valence-electron chi connectivity index (χ0n) is 18.6. The number of aromatic amines is 1. The minimum Gasteiger partial charge on any atom is -0.328 e. The number of benzene rings is 1. The number of pyridine rings is 2. The van der Waals surface area contributed by atoms with Crippen molar-refractivity contribution in [2.75, 3.05) is 19.3 Å². The van der Waals surface area contributed by atoms with E-state index in [0.29, 0.717) is 5.82 Å². The molecule has 34 heavy (non-hydrogen) atoms. The second-order valence-electron chi connectivity index (χ2n) is 8.68. The number of rotatable bonds is 6. The Morgan fingerprint density at radius 3 is 2.62 bits per heavy atom. The van der Waals surface area contributed by atoms with Gasteiger partial charge in [0.15, 0.2) is 5.82 Å². The van der Waals surface area contributed by atoms with Crippen LogP contribution in [0.4, 0.5) is 0 Å². The van der Waals surface area contributed by atoms with Crippen LogP contribution in [0.3, 0.4) is 0 Å². The first-order chi connectivity index (χ1) is 16.1. The van der Waals surface area contributed by atoms with Crippen molar-refractivity contribution < 1.29 is 13.2 Å². The van der Waals surface area contributed by atoms with Gasteiger partial charge in [-0.15, -0.1) is 0 Å². The van der Waals surface area contributed by atoms with Gasteiger partial charge in [0.05, 0.1) is 17.3 Å². The molecule has 0 atom stereocenters. The van der Waals surface area contributed by atoms with E-state index in [4.69, 9.17) is 0 Å². The van der Waals surface area contributed by atoms with Gasteiger partial charge < -0.3 is 4.98 Å². The van der Waals surface area contributed by atoms with Gasteiger partial charge in [0.25, 0.3) is 0 Å². The van der Waals surface area contributed by atoms with Crippen molar-refractivity contribution in [2.45, 2.75) is 18.9 Å². The number of carbonyl (C=O) groups excluding carboxylic acids is 1. The van der Waals surface area contributed by atoms with Gasteiger partial charge in [-0.25, -0.2) is 18.1 Å². The Balaban J connectivity index is 1.60. The molecule has 1 aromatic carbocycles. The summed E-state index contributed by atoms with van der Waals surface area (Å²) < 4.78 is 26.8. The highest BCUT2D eigenvalue weighted by atomic mass is 32.2. The summed E-state index contributed by atoms with van der Waals surface area (Å²) in [5.41, 5.74) is 2.15. The zero-order chi connectivity index (χ0) is 24.1. The first-order valence-electron chi connectivity index (χ1n) is 10.6. The van der Waals surface area contributed by atoms with Crippen LogP contribution in [0.5, 0.6) is 0 Å². The lowest BCUT2D eigenvalue weighted by Gasteiger charge is -2.47. The van der Waals surface area contributed by atoms with Crippen LogP contribution in [0.1, 0.15) is 13.3 Å². The van der Waals surface area contributed by atoms with Crippen LogP contribution >= 0.6 is 0 Å².